The molecule has 3 N–H and O–H groups in total. The molecule has 6 heteroatoms. The van der Waals surface area contributed by atoms with Gasteiger partial charge in [0.05, 0.1) is 16.2 Å². The normalized spacial score (nSPS) is 10.3. The molecule has 3 rings (SSSR count). The summed E-state index contributed by atoms with van der Waals surface area (Å²) in [7, 11) is 0. The average Bonchev–Trinajstić information content (AvgIpc) is 2.68. The summed E-state index contributed by atoms with van der Waals surface area (Å²) in [6, 6.07) is 19.3. The lowest BCUT2D eigenvalue weighted by Crippen LogP contribution is -2.10. The van der Waals surface area contributed by atoms with Crippen molar-refractivity contribution in [2.45, 2.75) is 0 Å². The van der Waals surface area contributed by atoms with Crippen molar-refractivity contribution in [3.8, 4) is 0 Å². The Morgan fingerprint density at radius 2 is 1.54 bits per heavy atom. The van der Waals surface area contributed by atoms with Gasteiger partial charge in [-0.2, -0.15) is 0 Å². The Hall–Kier alpha value is -3.80. The van der Waals surface area contributed by atoms with Crippen LogP contribution in [0.2, 0.25) is 0 Å². The van der Waals surface area contributed by atoms with Gasteiger partial charge in [-0.25, -0.2) is 0 Å². The summed E-state index contributed by atoms with van der Waals surface area (Å²) < 4.78 is 0. The van der Waals surface area contributed by atoms with E-state index in [0.29, 0.717) is 11.1 Å². The highest BCUT2D eigenvalue weighted by Gasteiger charge is 2.20. The molecular formula is C20H15N3O3. The van der Waals surface area contributed by atoms with Crippen molar-refractivity contribution < 1.29 is 9.72 Å². The van der Waals surface area contributed by atoms with Crippen LogP contribution in [0.25, 0.3) is 0 Å². The topological polar surface area (TPSA) is 110 Å². The first kappa shape index (κ1) is 17.0. The van der Waals surface area contributed by atoms with Gasteiger partial charge in [0.25, 0.3) is 5.69 Å². The maximum absolute atomic E-state index is 12.6. The van der Waals surface area contributed by atoms with Gasteiger partial charge in [0.2, 0.25) is 0 Å². The van der Waals surface area contributed by atoms with Crippen molar-refractivity contribution in [3.63, 3.8) is 0 Å². The van der Waals surface area contributed by atoms with E-state index >= 15 is 0 Å². The minimum atomic E-state index is -0.543. The number of nitro benzene ring substituents is 1. The lowest BCUT2D eigenvalue weighted by molar-refractivity contribution is -0.385. The molecule has 0 heterocycles. The monoisotopic (exact) mass is 345 g/mol. The first-order valence-corrected chi connectivity index (χ1v) is 7.81. The molecular weight excluding hydrogens is 330 g/mol. The van der Waals surface area contributed by atoms with E-state index in [1.807, 2.05) is 6.07 Å². The van der Waals surface area contributed by atoms with Crippen LogP contribution in [0.1, 0.15) is 27.0 Å². The van der Waals surface area contributed by atoms with E-state index in [0.717, 1.165) is 0 Å². The van der Waals surface area contributed by atoms with Gasteiger partial charge in [-0.3, -0.25) is 20.3 Å². The molecule has 0 spiro atoms. The third-order valence-electron chi connectivity index (χ3n) is 3.99. The number of rotatable bonds is 5. The quantitative estimate of drug-likeness (QED) is 0.241. The Morgan fingerprint density at radius 1 is 0.885 bits per heavy atom. The molecule has 3 aromatic rings. The van der Waals surface area contributed by atoms with Gasteiger partial charge in [0, 0.05) is 28.4 Å². The van der Waals surface area contributed by atoms with Gasteiger partial charge >= 0.3 is 0 Å². The summed E-state index contributed by atoms with van der Waals surface area (Å²) in [6.45, 7) is 0. The number of ketones is 1. The zero-order chi connectivity index (χ0) is 18.7. The number of carbonyl (C=O) groups is 1. The van der Waals surface area contributed by atoms with Crippen LogP contribution in [0.4, 0.5) is 11.4 Å². The molecule has 26 heavy (non-hydrogen) atoms. The number of nitro groups is 1. The van der Waals surface area contributed by atoms with E-state index in [1.54, 1.807) is 36.4 Å². The zero-order valence-corrected chi connectivity index (χ0v) is 13.7. The molecule has 0 fully saturated rings. The molecule has 0 aliphatic carbocycles. The predicted molar refractivity (Wildman–Crippen MR) is 99.8 cm³/mol. The number of hydrogen-bond donors (Lipinski definition) is 2. The molecule has 0 saturated heterocycles. The Balaban J connectivity index is 2.05. The van der Waals surface area contributed by atoms with Crippen LogP contribution in [0, 0.1) is 15.5 Å². The molecule has 0 atom stereocenters. The fourth-order valence-corrected chi connectivity index (χ4v) is 2.66. The lowest BCUT2D eigenvalue weighted by atomic mass is 9.95. The highest BCUT2D eigenvalue weighted by atomic mass is 16.6. The van der Waals surface area contributed by atoms with Crippen LogP contribution in [0.3, 0.4) is 0 Å². The van der Waals surface area contributed by atoms with Crippen molar-refractivity contribution in [3.05, 3.63) is 105 Å². The highest BCUT2D eigenvalue weighted by Crippen LogP contribution is 2.25. The highest BCUT2D eigenvalue weighted by molar-refractivity contribution is 6.18. The van der Waals surface area contributed by atoms with Crippen LogP contribution in [-0.2, 0) is 0 Å². The van der Waals surface area contributed by atoms with E-state index in [4.69, 9.17) is 11.1 Å². The van der Waals surface area contributed by atoms with Gasteiger partial charge in [-0.1, -0.05) is 42.5 Å². The SMILES string of the molecule is N=C(c1cc(C(=O)c2ccccc2)ccc1N)c1ccccc1[N+](=O)[O-]. The molecule has 6 nitrogen and oxygen atoms in total. The van der Waals surface area contributed by atoms with E-state index in [2.05, 4.69) is 0 Å². The lowest BCUT2D eigenvalue weighted by Gasteiger charge is -2.10. The molecule has 0 aromatic heterocycles. The van der Waals surface area contributed by atoms with Crippen molar-refractivity contribution in [1.82, 2.24) is 0 Å². The molecule has 0 unspecified atom stereocenters. The number of carbonyl (C=O) groups excluding carboxylic acids is 1. The van der Waals surface area contributed by atoms with Crippen LogP contribution >= 0.6 is 0 Å². The molecule has 0 amide bonds. The summed E-state index contributed by atoms with van der Waals surface area (Å²) >= 11 is 0. The Kier molecular flexibility index (Phi) is 4.57. The second-order valence-corrected chi connectivity index (χ2v) is 5.65. The summed E-state index contributed by atoms with van der Waals surface area (Å²) in [5, 5.41) is 19.6. The molecule has 0 aliphatic heterocycles. The van der Waals surface area contributed by atoms with Crippen LogP contribution in [-0.4, -0.2) is 16.4 Å². The van der Waals surface area contributed by atoms with Crippen LogP contribution in [0.15, 0.2) is 72.8 Å². The maximum atomic E-state index is 12.6. The van der Waals surface area contributed by atoms with Crippen LogP contribution in [0.5, 0.6) is 0 Å². The number of anilines is 1. The first-order valence-electron chi connectivity index (χ1n) is 7.81. The zero-order valence-electron chi connectivity index (χ0n) is 13.7. The smallest absolute Gasteiger partial charge is 0.278 e. The number of nitrogens with zero attached hydrogens (tertiary/aromatic N) is 1. The number of hydrogen-bond acceptors (Lipinski definition) is 5. The number of nitrogens with two attached hydrogens (primary N) is 1. The Morgan fingerprint density at radius 3 is 2.23 bits per heavy atom. The maximum Gasteiger partial charge on any atom is 0.278 e. The first-order chi connectivity index (χ1) is 12.5. The van der Waals surface area contributed by atoms with Crippen molar-refractivity contribution in [2.75, 3.05) is 5.73 Å². The Bertz CT molecular complexity index is 1010. The number of benzene rings is 3. The van der Waals surface area contributed by atoms with Crippen molar-refractivity contribution in [2.24, 2.45) is 0 Å². The molecule has 0 aliphatic rings. The standard InChI is InChI=1S/C20H15N3O3/c21-17-11-10-14(20(24)13-6-2-1-3-7-13)12-16(17)19(22)15-8-4-5-9-18(15)23(25)26/h1-12,22H,21H2. The van der Waals surface area contributed by atoms with Crippen LogP contribution < -0.4 is 5.73 Å². The summed E-state index contributed by atoms with van der Waals surface area (Å²) in [6.07, 6.45) is 0. The minimum Gasteiger partial charge on any atom is -0.398 e. The van der Waals surface area contributed by atoms with Gasteiger partial charge in [-0.05, 0) is 24.3 Å². The molecule has 3 aromatic carbocycles. The summed E-state index contributed by atoms with van der Waals surface area (Å²) in [5.74, 6) is -0.206. The predicted octanol–water partition coefficient (Wildman–Crippen LogP) is 3.82. The number of para-hydroxylation sites is 1. The van der Waals surface area contributed by atoms with Gasteiger partial charge in [-0.15, -0.1) is 0 Å². The summed E-state index contributed by atoms with van der Waals surface area (Å²) in [4.78, 5) is 23.3. The van der Waals surface area contributed by atoms with Crippen molar-refractivity contribution >= 4 is 22.9 Å². The molecule has 0 saturated carbocycles. The average molecular weight is 345 g/mol. The van der Waals surface area contributed by atoms with Gasteiger partial charge in [0.15, 0.2) is 5.78 Å². The fraction of sp³-hybridized carbons (Fsp3) is 0. The second-order valence-electron chi connectivity index (χ2n) is 5.65. The molecule has 0 radical (unpaired) electrons. The van der Waals surface area contributed by atoms with E-state index in [-0.39, 0.29) is 34.0 Å². The van der Waals surface area contributed by atoms with Crippen molar-refractivity contribution in [1.29, 1.82) is 5.41 Å². The number of nitrogen functional groups attached to an aromatic ring is 1. The third-order valence-corrected chi connectivity index (χ3v) is 3.99. The number of nitrogens with one attached hydrogen (secondary N) is 1. The summed E-state index contributed by atoms with van der Waals surface area (Å²) in [5.41, 5.74) is 7.27. The minimum absolute atomic E-state index is 0.0995. The third kappa shape index (κ3) is 3.21. The van der Waals surface area contributed by atoms with E-state index in [1.165, 1.54) is 30.3 Å². The molecule has 0 bridgehead atoms. The largest absolute Gasteiger partial charge is 0.398 e. The Labute approximate surface area is 149 Å². The molecule has 128 valence electrons. The second kappa shape index (κ2) is 6.98. The van der Waals surface area contributed by atoms with Gasteiger partial charge < -0.3 is 5.73 Å². The van der Waals surface area contributed by atoms with E-state index in [9.17, 15) is 14.9 Å². The van der Waals surface area contributed by atoms with Gasteiger partial charge in [0.1, 0.15) is 0 Å². The van der Waals surface area contributed by atoms with E-state index < -0.39 is 4.92 Å². The fourth-order valence-electron chi connectivity index (χ4n) is 2.66.